The van der Waals surface area contributed by atoms with Crippen molar-refractivity contribution in [1.29, 1.82) is 0 Å². The summed E-state index contributed by atoms with van der Waals surface area (Å²) in [6, 6.07) is 51.9. The van der Waals surface area contributed by atoms with Crippen molar-refractivity contribution in [2.75, 3.05) is 0 Å². The van der Waals surface area contributed by atoms with Gasteiger partial charge in [0.1, 0.15) is 11.2 Å². The zero-order valence-corrected chi connectivity index (χ0v) is 26.3. The maximum atomic E-state index is 6.79. The van der Waals surface area contributed by atoms with E-state index < -0.39 is 0 Å². The van der Waals surface area contributed by atoms with Gasteiger partial charge in [-0.25, -0.2) is 4.98 Å². The molecular formula is C46H26N2O. The number of benzene rings is 8. The van der Waals surface area contributed by atoms with Gasteiger partial charge in [-0.3, -0.25) is 4.98 Å². The van der Waals surface area contributed by atoms with Gasteiger partial charge in [-0.05, 0) is 72.9 Å². The van der Waals surface area contributed by atoms with Crippen molar-refractivity contribution in [3.05, 3.63) is 158 Å². The number of aromatic nitrogens is 2. The Morgan fingerprint density at radius 3 is 1.92 bits per heavy atom. The van der Waals surface area contributed by atoms with Crippen LogP contribution >= 0.6 is 0 Å². The van der Waals surface area contributed by atoms with Crippen LogP contribution in [0.2, 0.25) is 0 Å². The van der Waals surface area contributed by atoms with Crippen LogP contribution in [0.5, 0.6) is 0 Å². The van der Waals surface area contributed by atoms with Crippen LogP contribution in [-0.4, -0.2) is 9.97 Å². The van der Waals surface area contributed by atoms with Crippen molar-refractivity contribution in [3.63, 3.8) is 0 Å². The number of fused-ring (bicyclic) bond motifs is 15. The highest BCUT2D eigenvalue weighted by Gasteiger charge is 2.20. The fourth-order valence-electron chi connectivity index (χ4n) is 8.14. The summed E-state index contributed by atoms with van der Waals surface area (Å²) in [4.78, 5) is 10.1. The molecule has 0 fully saturated rings. The molecule has 0 aliphatic carbocycles. The Morgan fingerprint density at radius 1 is 0.429 bits per heavy atom. The lowest BCUT2D eigenvalue weighted by molar-refractivity contribution is 0.670. The molecular weight excluding hydrogens is 597 g/mol. The molecule has 0 amide bonds. The second-order valence-electron chi connectivity index (χ2n) is 12.9. The van der Waals surface area contributed by atoms with Crippen molar-refractivity contribution in [3.8, 4) is 22.4 Å². The van der Waals surface area contributed by atoms with E-state index in [0.717, 1.165) is 71.4 Å². The topological polar surface area (TPSA) is 38.9 Å². The molecule has 0 aliphatic rings. The van der Waals surface area contributed by atoms with Crippen molar-refractivity contribution in [2.45, 2.75) is 0 Å². The van der Waals surface area contributed by atoms with E-state index >= 15 is 0 Å². The molecule has 226 valence electrons. The molecule has 0 spiro atoms. The molecule has 3 aromatic heterocycles. The SMILES string of the molecule is c1cc(-c2nc3c4ccccc4c4ccccc4c3c3ccncc23)cc(-c2cc3ccccc3c3c2oc2ccc4ccccc4c23)c1. The summed E-state index contributed by atoms with van der Waals surface area (Å²) < 4.78 is 6.79. The Labute approximate surface area is 280 Å². The minimum Gasteiger partial charge on any atom is -0.455 e. The Morgan fingerprint density at radius 2 is 1.08 bits per heavy atom. The highest BCUT2D eigenvalue weighted by molar-refractivity contribution is 6.32. The first-order valence-corrected chi connectivity index (χ1v) is 16.7. The molecule has 0 saturated carbocycles. The molecule has 0 bridgehead atoms. The Bertz CT molecular complexity index is 3170. The van der Waals surface area contributed by atoms with Crippen LogP contribution in [-0.2, 0) is 0 Å². The predicted molar refractivity (Wildman–Crippen MR) is 205 cm³/mol. The fourth-order valence-corrected chi connectivity index (χ4v) is 8.14. The number of pyridine rings is 2. The summed E-state index contributed by atoms with van der Waals surface area (Å²) in [5, 5.41) is 15.3. The zero-order chi connectivity index (χ0) is 32.1. The normalized spacial score (nSPS) is 12.1. The van der Waals surface area contributed by atoms with Crippen LogP contribution in [0.15, 0.2) is 162 Å². The monoisotopic (exact) mass is 622 g/mol. The van der Waals surface area contributed by atoms with Gasteiger partial charge in [0.05, 0.1) is 11.2 Å². The van der Waals surface area contributed by atoms with Gasteiger partial charge in [0.15, 0.2) is 0 Å². The molecule has 49 heavy (non-hydrogen) atoms. The summed E-state index contributed by atoms with van der Waals surface area (Å²) in [6.45, 7) is 0. The summed E-state index contributed by atoms with van der Waals surface area (Å²) in [6.07, 6.45) is 3.86. The molecule has 0 N–H and O–H groups in total. The second kappa shape index (κ2) is 9.96. The van der Waals surface area contributed by atoms with Crippen molar-refractivity contribution < 1.29 is 4.42 Å². The third kappa shape index (κ3) is 3.73. The minimum absolute atomic E-state index is 0.898. The summed E-state index contributed by atoms with van der Waals surface area (Å²) in [7, 11) is 0. The van der Waals surface area contributed by atoms with E-state index in [1.807, 2.05) is 12.4 Å². The molecule has 3 nitrogen and oxygen atoms in total. The molecule has 8 aromatic carbocycles. The highest BCUT2D eigenvalue weighted by Crippen LogP contribution is 2.45. The maximum Gasteiger partial charge on any atom is 0.143 e. The smallest absolute Gasteiger partial charge is 0.143 e. The first-order valence-electron chi connectivity index (χ1n) is 16.7. The van der Waals surface area contributed by atoms with Crippen molar-refractivity contribution in [1.82, 2.24) is 9.97 Å². The number of rotatable bonds is 2. The highest BCUT2D eigenvalue weighted by atomic mass is 16.3. The molecule has 0 saturated heterocycles. The molecule has 0 unspecified atom stereocenters. The fraction of sp³-hybridized carbons (Fsp3) is 0. The average Bonchev–Trinajstić information content (AvgIpc) is 3.58. The van der Waals surface area contributed by atoms with E-state index in [-0.39, 0.29) is 0 Å². The summed E-state index contributed by atoms with van der Waals surface area (Å²) in [5.74, 6) is 0. The number of furan rings is 1. The predicted octanol–water partition coefficient (Wildman–Crippen LogP) is 12.6. The van der Waals surface area contributed by atoms with Gasteiger partial charge in [0.25, 0.3) is 0 Å². The number of hydrogen-bond acceptors (Lipinski definition) is 3. The lowest BCUT2D eigenvalue weighted by atomic mass is 9.92. The van der Waals surface area contributed by atoms with Gasteiger partial charge < -0.3 is 4.42 Å². The minimum atomic E-state index is 0.898. The molecule has 0 radical (unpaired) electrons. The third-order valence-corrected chi connectivity index (χ3v) is 10.3. The molecule has 11 rings (SSSR count). The van der Waals surface area contributed by atoms with Gasteiger partial charge in [-0.15, -0.1) is 0 Å². The van der Waals surface area contributed by atoms with E-state index in [9.17, 15) is 0 Å². The Hall–Kier alpha value is -6.58. The van der Waals surface area contributed by atoms with Crippen LogP contribution in [0.1, 0.15) is 0 Å². The van der Waals surface area contributed by atoms with Gasteiger partial charge in [-0.2, -0.15) is 0 Å². The third-order valence-electron chi connectivity index (χ3n) is 10.3. The van der Waals surface area contributed by atoms with E-state index in [1.165, 1.54) is 37.7 Å². The van der Waals surface area contributed by atoms with Gasteiger partial charge in [0.2, 0.25) is 0 Å². The van der Waals surface area contributed by atoms with Crippen LogP contribution in [0.25, 0.3) is 109 Å². The van der Waals surface area contributed by atoms with Gasteiger partial charge in [-0.1, -0.05) is 121 Å². The maximum absolute atomic E-state index is 6.79. The van der Waals surface area contributed by atoms with E-state index in [0.29, 0.717) is 0 Å². The first-order chi connectivity index (χ1) is 24.3. The summed E-state index contributed by atoms with van der Waals surface area (Å²) in [5.41, 5.74) is 6.91. The number of hydrogen-bond donors (Lipinski definition) is 0. The quantitative estimate of drug-likeness (QED) is 0.180. The van der Waals surface area contributed by atoms with Crippen LogP contribution in [0.4, 0.5) is 0 Å². The Kier molecular flexibility index (Phi) is 5.38. The zero-order valence-electron chi connectivity index (χ0n) is 26.3. The van der Waals surface area contributed by atoms with Crippen LogP contribution < -0.4 is 0 Å². The largest absolute Gasteiger partial charge is 0.455 e. The van der Waals surface area contributed by atoms with Crippen LogP contribution in [0, 0.1) is 0 Å². The molecule has 3 heterocycles. The molecule has 0 atom stereocenters. The molecule has 11 aromatic rings. The van der Waals surface area contributed by atoms with E-state index in [4.69, 9.17) is 9.40 Å². The van der Waals surface area contributed by atoms with E-state index in [1.54, 1.807) is 0 Å². The van der Waals surface area contributed by atoms with Crippen molar-refractivity contribution >= 4 is 86.7 Å². The standard InChI is InChI=1S/C46H26N2O/c1-3-14-31-27(10-1)20-21-40-42(31)43-32-15-4-2-11-29(32)25-38(46(43)49-40)28-12-9-13-30(24-28)44-39-26-47-23-22-36(39)41-35-18-7-5-16-33(35)34-17-6-8-19-37(34)45(41)48-44/h1-26H. The molecule has 0 aliphatic heterocycles. The van der Waals surface area contributed by atoms with Gasteiger partial charge in [0, 0.05) is 50.5 Å². The van der Waals surface area contributed by atoms with Crippen molar-refractivity contribution in [2.24, 2.45) is 0 Å². The second-order valence-corrected chi connectivity index (χ2v) is 12.9. The average molecular weight is 623 g/mol. The van der Waals surface area contributed by atoms with Crippen LogP contribution in [0.3, 0.4) is 0 Å². The first kappa shape index (κ1) is 26.5. The van der Waals surface area contributed by atoms with Gasteiger partial charge >= 0.3 is 0 Å². The summed E-state index contributed by atoms with van der Waals surface area (Å²) >= 11 is 0. The lowest BCUT2D eigenvalue weighted by Crippen LogP contribution is -1.93. The number of nitrogens with zero attached hydrogens (tertiary/aromatic N) is 2. The molecule has 3 heteroatoms. The van der Waals surface area contributed by atoms with E-state index in [2.05, 4.69) is 151 Å². The Balaban J connectivity index is 1.23. The lowest BCUT2D eigenvalue weighted by Gasteiger charge is -2.15.